The topological polar surface area (TPSA) is 50.7 Å². The van der Waals surface area contributed by atoms with Gasteiger partial charge in [0.2, 0.25) is 0 Å². The second-order valence-electron chi connectivity index (χ2n) is 5.08. The third-order valence-corrected chi connectivity index (χ3v) is 2.96. The van der Waals surface area contributed by atoms with Crippen LogP contribution in [0.2, 0.25) is 0 Å². The van der Waals surface area contributed by atoms with Crippen LogP contribution in [0, 0.1) is 0 Å². The summed E-state index contributed by atoms with van der Waals surface area (Å²) in [6, 6.07) is 8.13. The van der Waals surface area contributed by atoms with Gasteiger partial charge in [-0.1, -0.05) is 24.3 Å². The Balaban J connectivity index is 2.33. The first kappa shape index (κ1) is 12.6. The second-order valence-corrected chi connectivity index (χ2v) is 5.08. The second kappa shape index (κ2) is 4.80. The highest BCUT2D eigenvalue weighted by Crippen LogP contribution is 2.22. The molecule has 0 radical (unpaired) electrons. The van der Waals surface area contributed by atoms with E-state index in [0.717, 1.165) is 17.8 Å². The molecule has 0 saturated carbocycles. The van der Waals surface area contributed by atoms with Crippen LogP contribution in [0.5, 0.6) is 0 Å². The van der Waals surface area contributed by atoms with Gasteiger partial charge >= 0.3 is 5.97 Å². The van der Waals surface area contributed by atoms with Crippen molar-refractivity contribution in [1.82, 2.24) is 5.32 Å². The average molecular weight is 246 g/mol. The molecule has 0 amide bonds. The van der Waals surface area contributed by atoms with Gasteiger partial charge in [0, 0.05) is 11.1 Å². The molecule has 1 aliphatic heterocycles. The van der Waals surface area contributed by atoms with Crippen LogP contribution >= 0.6 is 0 Å². The van der Waals surface area contributed by atoms with Crippen molar-refractivity contribution >= 4 is 11.8 Å². The number of esters is 1. The van der Waals surface area contributed by atoms with Crippen molar-refractivity contribution in [3.63, 3.8) is 0 Å². The summed E-state index contributed by atoms with van der Waals surface area (Å²) in [6.07, 6.45) is 0.945. The number of benzene rings is 1. The predicted molar refractivity (Wildman–Crippen MR) is 70.8 cm³/mol. The van der Waals surface area contributed by atoms with Crippen LogP contribution in [0.15, 0.2) is 29.3 Å². The first-order chi connectivity index (χ1) is 8.52. The Bertz CT molecular complexity index is 492. The standard InChI is InChI=1S/C14H18N2O2/c1-14(2)8-10-6-4-5-7-11(10)13(16-14)15-9-12(17)18-3/h4-7H,8-9H2,1-3H3,(H,15,16). The van der Waals surface area contributed by atoms with E-state index in [4.69, 9.17) is 0 Å². The molecular formula is C14H18N2O2. The van der Waals surface area contributed by atoms with Gasteiger partial charge in [0.25, 0.3) is 0 Å². The molecule has 0 bridgehead atoms. The molecule has 0 atom stereocenters. The van der Waals surface area contributed by atoms with E-state index in [9.17, 15) is 4.79 Å². The molecule has 4 heteroatoms. The van der Waals surface area contributed by atoms with Crippen LogP contribution in [0.1, 0.15) is 25.0 Å². The van der Waals surface area contributed by atoms with E-state index in [2.05, 4.69) is 35.0 Å². The van der Waals surface area contributed by atoms with Gasteiger partial charge in [0.1, 0.15) is 12.4 Å². The van der Waals surface area contributed by atoms with Crippen molar-refractivity contribution in [3.05, 3.63) is 35.4 Å². The number of nitrogens with zero attached hydrogens (tertiary/aromatic N) is 1. The quantitative estimate of drug-likeness (QED) is 0.805. The molecule has 0 aromatic heterocycles. The number of nitrogens with one attached hydrogen (secondary N) is 1. The summed E-state index contributed by atoms with van der Waals surface area (Å²) in [5.41, 5.74) is 2.27. The summed E-state index contributed by atoms with van der Waals surface area (Å²) in [4.78, 5) is 15.5. The van der Waals surface area contributed by atoms with Gasteiger partial charge in [-0.3, -0.25) is 9.79 Å². The fraction of sp³-hybridized carbons (Fsp3) is 0.429. The average Bonchev–Trinajstić information content (AvgIpc) is 2.34. The van der Waals surface area contributed by atoms with Gasteiger partial charge < -0.3 is 10.1 Å². The van der Waals surface area contributed by atoms with Crippen molar-refractivity contribution in [1.29, 1.82) is 0 Å². The Labute approximate surface area is 107 Å². The fourth-order valence-corrected chi connectivity index (χ4v) is 2.15. The number of carbonyl (C=O) groups excluding carboxylic acids is 1. The van der Waals surface area contributed by atoms with Crippen LogP contribution in [0.25, 0.3) is 0 Å². The number of aliphatic imine (C=N–C) groups is 1. The molecule has 1 heterocycles. The summed E-state index contributed by atoms with van der Waals surface area (Å²) >= 11 is 0. The van der Waals surface area contributed by atoms with Gasteiger partial charge in [0.15, 0.2) is 0 Å². The molecule has 0 fully saturated rings. The van der Waals surface area contributed by atoms with E-state index >= 15 is 0 Å². The molecular weight excluding hydrogens is 228 g/mol. The van der Waals surface area contributed by atoms with Crippen molar-refractivity contribution in [3.8, 4) is 0 Å². The summed E-state index contributed by atoms with van der Waals surface area (Å²) in [7, 11) is 1.37. The minimum absolute atomic E-state index is 0.0449. The summed E-state index contributed by atoms with van der Waals surface area (Å²) in [6.45, 7) is 4.29. The highest BCUT2D eigenvalue weighted by molar-refractivity contribution is 6.02. The van der Waals surface area contributed by atoms with Crippen molar-refractivity contribution in [2.75, 3.05) is 13.7 Å². The van der Waals surface area contributed by atoms with E-state index in [1.165, 1.54) is 12.7 Å². The van der Waals surface area contributed by atoms with Gasteiger partial charge in [0.05, 0.1) is 7.11 Å². The zero-order chi connectivity index (χ0) is 13.2. The molecule has 4 nitrogen and oxygen atoms in total. The van der Waals surface area contributed by atoms with Gasteiger partial charge in [-0.05, 0) is 25.8 Å². The molecule has 0 aliphatic carbocycles. The molecule has 96 valence electrons. The normalized spacial score (nSPS) is 18.9. The minimum Gasteiger partial charge on any atom is -0.468 e. The zero-order valence-corrected chi connectivity index (χ0v) is 11.0. The Hall–Kier alpha value is -1.84. The van der Waals surface area contributed by atoms with E-state index in [1.807, 2.05) is 18.2 Å². The molecule has 1 aromatic rings. The fourth-order valence-electron chi connectivity index (χ4n) is 2.15. The Morgan fingerprint density at radius 2 is 2.17 bits per heavy atom. The van der Waals surface area contributed by atoms with Gasteiger partial charge in [-0.15, -0.1) is 0 Å². The predicted octanol–water partition coefficient (Wildman–Crippen LogP) is 1.53. The number of hydrogen-bond acceptors (Lipinski definition) is 3. The lowest BCUT2D eigenvalue weighted by Crippen LogP contribution is -2.49. The molecule has 2 rings (SSSR count). The molecule has 1 N–H and O–H groups in total. The largest absolute Gasteiger partial charge is 0.468 e. The lowest BCUT2D eigenvalue weighted by Gasteiger charge is -2.34. The highest BCUT2D eigenvalue weighted by atomic mass is 16.5. The molecule has 1 aromatic carbocycles. The number of fused-ring (bicyclic) bond motifs is 1. The first-order valence-electron chi connectivity index (χ1n) is 5.99. The molecule has 1 aliphatic rings. The molecule has 0 unspecified atom stereocenters. The number of ether oxygens (including phenoxy) is 1. The maximum absolute atomic E-state index is 11.2. The lowest BCUT2D eigenvalue weighted by molar-refractivity contribution is -0.138. The van der Waals surface area contributed by atoms with Crippen LogP contribution in [0.3, 0.4) is 0 Å². The number of methoxy groups -OCH3 is 1. The summed E-state index contributed by atoms with van der Waals surface area (Å²) in [5.74, 6) is 0.442. The smallest absolute Gasteiger partial charge is 0.327 e. The Morgan fingerprint density at radius 1 is 1.44 bits per heavy atom. The van der Waals surface area contributed by atoms with Crippen molar-refractivity contribution < 1.29 is 9.53 Å². The van der Waals surface area contributed by atoms with E-state index in [-0.39, 0.29) is 18.1 Å². The third kappa shape index (κ3) is 2.70. The Kier molecular flexibility index (Phi) is 3.36. The van der Waals surface area contributed by atoms with E-state index in [0.29, 0.717) is 0 Å². The molecule has 0 spiro atoms. The number of amidine groups is 1. The van der Waals surface area contributed by atoms with E-state index in [1.54, 1.807) is 0 Å². The van der Waals surface area contributed by atoms with Crippen LogP contribution in [-0.4, -0.2) is 31.0 Å². The number of rotatable bonds is 2. The zero-order valence-electron chi connectivity index (χ0n) is 11.0. The number of carbonyl (C=O) groups is 1. The summed E-state index contributed by atoms with van der Waals surface area (Å²) < 4.78 is 4.61. The van der Waals surface area contributed by atoms with E-state index < -0.39 is 0 Å². The Morgan fingerprint density at radius 3 is 2.89 bits per heavy atom. The van der Waals surface area contributed by atoms with Crippen molar-refractivity contribution in [2.45, 2.75) is 25.8 Å². The lowest BCUT2D eigenvalue weighted by atomic mass is 9.87. The summed E-state index contributed by atoms with van der Waals surface area (Å²) in [5, 5.41) is 3.37. The maximum atomic E-state index is 11.2. The molecule has 18 heavy (non-hydrogen) atoms. The molecule has 0 saturated heterocycles. The van der Waals surface area contributed by atoms with Gasteiger partial charge in [-0.2, -0.15) is 0 Å². The van der Waals surface area contributed by atoms with Crippen LogP contribution in [-0.2, 0) is 16.0 Å². The third-order valence-electron chi connectivity index (χ3n) is 2.96. The van der Waals surface area contributed by atoms with Crippen LogP contribution < -0.4 is 5.32 Å². The number of hydrogen-bond donors (Lipinski definition) is 1. The first-order valence-corrected chi connectivity index (χ1v) is 5.99. The van der Waals surface area contributed by atoms with Crippen LogP contribution in [0.4, 0.5) is 0 Å². The SMILES string of the molecule is COC(=O)CN=C1NC(C)(C)Cc2ccccc21. The maximum Gasteiger partial charge on any atom is 0.327 e. The van der Waals surface area contributed by atoms with Gasteiger partial charge in [-0.25, -0.2) is 0 Å². The van der Waals surface area contributed by atoms with Crippen molar-refractivity contribution in [2.24, 2.45) is 4.99 Å². The highest BCUT2D eigenvalue weighted by Gasteiger charge is 2.28. The minimum atomic E-state index is -0.329. The monoisotopic (exact) mass is 246 g/mol.